The molecular weight excluding hydrogens is 373 g/mol. The lowest BCUT2D eigenvalue weighted by Crippen LogP contribution is -2.43. The lowest BCUT2D eigenvalue weighted by Gasteiger charge is -2.25. The van der Waals surface area contributed by atoms with Crippen LogP contribution in [0.15, 0.2) is 72.8 Å². The van der Waals surface area contributed by atoms with Gasteiger partial charge in [0.25, 0.3) is 6.04 Å². The Bertz CT molecular complexity index is 1010. The van der Waals surface area contributed by atoms with Crippen molar-refractivity contribution in [1.82, 2.24) is 0 Å². The molecule has 1 heterocycles. The van der Waals surface area contributed by atoms with Crippen LogP contribution in [0, 0.1) is 10.1 Å². The summed E-state index contributed by atoms with van der Waals surface area (Å²) >= 11 is 0. The number of rotatable bonds is 3. The molecule has 144 valence electrons. The highest BCUT2D eigenvalue weighted by molar-refractivity contribution is 5.86. The maximum absolute atomic E-state index is 13.6. The Morgan fingerprint density at radius 3 is 2.25 bits per heavy atom. The molecule has 3 aromatic carbocycles. The summed E-state index contributed by atoms with van der Waals surface area (Å²) in [7, 11) is 0. The fourth-order valence-electron chi connectivity index (χ4n) is 3.65. The van der Waals surface area contributed by atoms with Crippen LogP contribution in [0.5, 0.6) is 0 Å². The summed E-state index contributed by atoms with van der Waals surface area (Å²) in [6.07, 6.45) is -7.43. The number of fused-ring (bicyclic) bond motifs is 1. The van der Waals surface area contributed by atoms with Gasteiger partial charge >= 0.3 is 6.18 Å². The molecule has 5 nitrogen and oxygen atoms in total. The van der Waals surface area contributed by atoms with E-state index in [0.717, 1.165) is 10.4 Å². The summed E-state index contributed by atoms with van der Waals surface area (Å²) < 4.78 is 40.8. The Morgan fingerprint density at radius 2 is 1.57 bits per heavy atom. The molecule has 3 atom stereocenters. The van der Waals surface area contributed by atoms with Gasteiger partial charge < -0.3 is 0 Å². The zero-order valence-corrected chi connectivity index (χ0v) is 14.4. The molecule has 8 heteroatoms. The Morgan fingerprint density at radius 1 is 0.929 bits per heavy atom. The molecule has 0 N–H and O–H groups in total. The van der Waals surface area contributed by atoms with E-state index in [1.54, 1.807) is 60.7 Å². The van der Waals surface area contributed by atoms with Crippen molar-refractivity contribution in [2.24, 2.45) is 0 Å². The fraction of sp³-hybridized carbons (Fsp3) is 0.200. The number of para-hydroxylation sites is 1. The van der Waals surface area contributed by atoms with Crippen LogP contribution in [0.2, 0.25) is 0 Å². The van der Waals surface area contributed by atoms with Gasteiger partial charge in [0.05, 0.1) is 5.69 Å². The molecule has 0 radical (unpaired) electrons. The lowest BCUT2D eigenvalue weighted by atomic mass is 9.92. The average Bonchev–Trinajstić information content (AvgIpc) is 3.09. The fourth-order valence-corrected chi connectivity index (χ4v) is 3.65. The van der Waals surface area contributed by atoms with Gasteiger partial charge in [0.2, 0.25) is 6.10 Å². The molecule has 1 aliphatic heterocycles. The van der Waals surface area contributed by atoms with Gasteiger partial charge in [-0.1, -0.05) is 60.7 Å². The Kier molecular flexibility index (Phi) is 4.43. The molecule has 1 aliphatic rings. The number of benzene rings is 3. The number of nitrogens with zero attached hydrogens (tertiary/aromatic N) is 2. The van der Waals surface area contributed by atoms with E-state index in [-0.39, 0.29) is 0 Å². The van der Waals surface area contributed by atoms with Crippen molar-refractivity contribution in [1.29, 1.82) is 0 Å². The maximum Gasteiger partial charge on any atom is 0.424 e. The Labute approximate surface area is 158 Å². The van der Waals surface area contributed by atoms with Gasteiger partial charge in [0.15, 0.2) is 6.04 Å². The number of nitro groups is 1. The van der Waals surface area contributed by atoms with Gasteiger partial charge in [-0.25, -0.2) is 5.06 Å². The number of halogens is 3. The van der Waals surface area contributed by atoms with Crippen LogP contribution in [0.4, 0.5) is 18.9 Å². The molecule has 0 aromatic heterocycles. The van der Waals surface area contributed by atoms with Gasteiger partial charge in [0, 0.05) is 4.92 Å². The number of hydroxylamine groups is 1. The van der Waals surface area contributed by atoms with Gasteiger partial charge in [-0.3, -0.25) is 15.0 Å². The van der Waals surface area contributed by atoms with E-state index in [4.69, 9.17) is 4.84 Å². The van der Waals surface area contributed by atoms with E-state index in [1.165, 1.54) is 0 Å². The zero-order chi connectivity index (χ0) is 19.9. The summed E-state index contributed by atoms with van der Waals surface area (Å²) in [4.78, 5) is 16.0. The molecule has 4 rings (SSSR count). The van der Waals surface area contributed by atoms with Crippen molar-refractivity contribution in [2.75, 3.05) is 5.06 Å². The van der Waals surface area contributed by atoms with Crippen LogP contribution in [0.25, 0.3) is 10.8 Å². The topological polar surface area (TPSA) is 55.6 Å². The van der Waals surface area contributed by atoms with E-state index < -0.39 is 29.3 Å². The minimum Gasteiger partial charge on any atom is -0.264 e. The molecule has 1 fully saturated rings. The number of hydrogen-bond donors (Lipinski definition) is 0. The summed E-state index contributed by atoms with van der Waals surface area (Å²) in [5, 5.41) is 14.2. The molecule has 28 heavy (non-hydrogen) atoms. The Hall–Kier alpha value is -3.13. The Balaban J connectivity index is 1.94. The van der Waals surface area contributed by atoms with Crippen LogP contribution in [-0.4, -0.2) is 23.2 Å². The minimum atomic E-state index is -4.88. The van der Waals surface area contributed by atoms with Crippen molar-refractivity contribution in [3.05, 3.63) is 88.5 Å². The SMILES string of the molecule is O=[N+]([O-])[C@@H]1[C@@H](c2cccc3ccccc23)N(c2ccccc2)O[C@H]1C(F)(F)F. The first kappa shape index (κ1) is 18.2. The van der Waals surface area contributed by atoms with E-state index in [2.05, 4.69) is 0 Å². The molecule has 0 amide bonds. The third kappa shape index (κ3) is 3.05. The van der Waals surface area contributed by atoms with Crippen LogP contribution in [-0.2, 0) is 4.84 Å². The second-order valence-electron chi connectivity index (χ2n) is 6.52. The van der Waals surface area contributed by atoms with Gasteiger partial charge in [-0.15, -0.1) is 0 Å². The normalized spacial score (nSPS) is 22.5. The van der Waals surface area contributed by atoms with E-state index in [9.17, 15) is 23.3 Å². The quantitative estimate of drug-likeness (QED) is 0.473. The molecule has 0 spiro atoms. The summed E-state index contributed by atoms with van der Waals surface area (Å²) in [5.41, 5.74) is 0.731. The smallest absolute Gasteiger partial charge is 0.264 e. The molecular formula is C20H15F3N2O3. The van der Waals surface area contributed by atoms with Crippen molar-refractivity contribution in [2.45, 2.75) is 24.4 Å². The second-order valence-corrected chi connectivity index (χ2v) is 6.52. The molecule has 0 unspecified atom stereocenters. The van der Waals surface area contributed by atoms with Crippen LogP contribution in [0.1, 0.15) is 11.6 Å². The third-order valence-corrected chi connectivity index (χ3v) is 4.83. The van der Waals surface area contributed by atoms with Crippen LogP contribution in [0.3, 0.4) is 0 Å². The molecule has 3 aromatic rings. The largest absolute Gasteiger partial charge is 0.424 e. The lowest BCUT2D eigenvalue weighted by molar-refractivity contribution is -0.538. The zero-order valence-electron chi connectivity index (χ0n) is 14.4. The minimum absolute atomic E-state index is 0.319. The first-order valence-electron chi connectivity index (χ1n) is 8.57. The third-order valence-electron chi connectivity index (χ3n) is 4.83. The summed E-state index contributed by atoms with van der Waals surface area (Å²) in [6.45, 7) is 0. The van der Waals surface area contributed by atoms with E-state index in [0.29, 0.717) is 16.6 Å². The van der Waals surface area contributed by atoms with E-state index in [1.807, 2.05) is 12.1 Å². The highest BCUT2D eigenvalue weighted by atomic mass is 19.4. The maximum atomic E-state index is 13.6. The summed E-state index contributed by atoms with van der Waals surface area (Å²) in [5.74, 6) is 0. The summed E-state index contributed by atoms with van der Waals surface area (Å²) in [6, 6.07) is 17.1. The average molecular weight is 388 g/mol. The van der Waals surface area contributed by atoms with Gasteiger partial charge in [0.1, 0.15) is 0 Å². The molecule has 0 aliphatic carbocycles. The van der Waals surface area contributed by atoms with Crippen molar-refractivity contribution >= 4 is 16.5 Å². The van der Waals surface area contributed by atoms with Crippen molar-refractivity contribution in [3.63, 3.8) is 0 Å². The molecule has 0 saturated carbocycles. The van der Waals surface area contributed by atoms with E-state index >= 15 is 0 Å². The van der Waals surface area contributed by atoms with Crippen molar-refractivity contribution < 1.29 is 22.9 Å². The molecule has 1 saturated heterocycles. The second kappa shape index (κ2) is 6.79. The van der Waals surface area contributed by atoms with Crippen LogP contribution >= 0.6 is 0 Å². The standard InChI is InChI=1S/C20H15F3N2O3/c21-20(22,23)19-18(25(26)27)17(24(28-19)14-9-2-1-3-10-14)16-12-6-8-13-7-4-5-11-15(13)16/h1-12,17-19H/t17-,18-,19-/m1/s1. The highest BCUT2D eigenvalue weighted by Crippen LogP contribution is 2.46. The predicted octanol–water partition coefficient (Wildman–Crippen LogP) is 4.91. The van der Waals surface area contributed by atoms with Gasteiger partial charge in [-0.2, -0.15) is 13.2 Å². The number of anilines is 1. The van der Waals surface area contributed by atoms with Crippen LogP contribution < -0.4 is 5.06 Å². The molecule has 0 bridgehead atoms. The first-order chi connectivity index (χ1) is 13.4. The highest BCUT2D eigenvalue weighted by Gasteiger charge is 2.63. The predicted molar refractivity (Wildman–Crippen MR) is 97.3 cm³/mol. The number of alkyl halides is 3. The van der Waals surface area contributed by atoms with Gasteiger partial charge in [-0.05, 0) is 28.5 Å². The van der Waals surface area contributed by atoms with Crippen molar-refractivity contribution in [3.8, 4) is 0 Å². The number of hydrogen-bond acceptors (Lipinski definition) is 4. The monoisotopic (exact) mass is 388 g/mol. The first-order valence-corrected chi connectivity index (χ1v) is 8.57.